The number of carboxylic acids is 1. The number of nitrogens with one attached hydrogen (secondary N) is 2. The minimum atomic E-state index is -1.29. The summed E-state index contributed by atoms with van der Waals surface area (Å²) in [7, 11) is 3.99. The fraction of sp³-hybridized carbons (Fsp3) is 0.0857. The van der Waals surface area contributed by atoms with Crippen molar-refractivity contribution in [3.63, 3.8) is 0 Å². The molecule has 0 aliphatic rings. The number of hydrogen-bond acceptors (Lipinski definition) is 10. The third-order valence-electron chi connectivity index (χ3n) is 7.30. The predicted molar refractivity (Wildman–Crippen MR) is 198 cm³/mol. The number of carboxylic acid groups (broad SMARTS) is 1. The quantitative estimate of drug-likeness (QED) is 0.0689. The van der Waals surface area contributed by atoms with Crippen molar-refractivity contribution < 1.29 is 48.7 Å². The van der Waals surface area contributed by atoms with Crippen LogP contribution in [-0.2, 0) is 14.3 Å². The molecule has 0 bridgehead atoms. The van der Waals surface area contributed by atoms with Gasteiger partial charge in [-0.2, -0.15) is 0 Å². The maximum atomic E-state index is 13.0. The number of fused-ring (bicyclic) bond motifs is 3. The molecule has 5 N–H and O–H groups in total. The Hall–Kier alpha value is -5.38. The summed E-state index contributed by atoms with van der Waals surface area (Å²) < 4.78 is 17.2. The van der Waals surface area contributed by atoms with Gasteiger partial charge in [-0.1, -0.05) is 0 Å². The molecule has 0 spiro atoms. The van der Waals surface area contributed by atoms with Crippen LogP contribution in [0.4, 0.5) is 11.4 Å². The van der Waals surface area contributed by atoms with Crippen molar-refractivity contribution in [3.8, 4) is 23.0 Å². The van der Waals surface area contributed by atoms with Crippen LogP contribution in [0.5, 0.6) is 23.0 Å². The number of halogens is 2. The molecule has 1 aromatic heterocycles. The lowest BCUT2D eigenvalue weighted by Crippen LogP contribution is -2.13. The lowest BCUT2D eigenvalue weighted by molar-refractivity contribution is -0.112. The molecule has 0 atom stereocenters. The third-order valence-corrected chi connectivity index (χ3v) is 9.62. The second-order valence-electron chi connectivity index (χ2n) is 10.4. The summed E-state index contributed by atoms with van der Waals surface area (Å²) in [4.78, 5) is 51.0. The largest absolute Gasteiger partial charge is 0.503 e. The van der Waals surface area contributed by atoms with Gasteiger partial charge in [0.05, 0.1) is 52.8 Å². The summed E-state index contributed by atoms with van der Waals surface area (Å²) in [5.74, 6) is -2.98. The highest BCUT2D eigenvalue weighted by Gasteiger charge is 2.21. The van der Waals surface area contributed by atoms with Gasteiger partial charge in [0, 0.05) is 32.3 Å². The molecule has 5 aromatic rings. The number of aromatic hydroxyl groups is 2. The molecule has 0 saturated heterocycles. The van der Waals surface area contributed by atoms with Gasteiger partial charge in [-0.25, -0.2) is 9.59 Å². The number of benzene rings is 4. The Kier molecular flexibility index (Phi) is 10.8. The van der Waals surface area contributed by atoms with Gasteiger partial charge in [0.15, 0.2) is 23.0 Å². The Bertz CT molecular complexity index is 2280. The van der Waals surface area contributed by atoms with E-state index in [0.29, 0.717) is 40.2 Å². The number of aromatic carboxylic acids is 1. The van der Waals surface area contributed by atoms with Crippen molar-refractivity contribution >= 4 is 111 Å². The number of amides is 2. The average Bonchev–Trinajstić information content (AvgIpc) is 3.43. The number of rotatable bonds is 10. The highest BCUT2D eigenvalue weighted by molar-refractivity contribution is 9.11. The first kappa shape index (κ1) is 35.9. The zero-order valence-electron chi connectivity index (χ0n) is 26.3. The van der Waals surface area contributed by atoms with E-state index in [1.165, 1.54) is 87.3 Å². The number of ether oxygens (including phenoxy) is 3. The number of anilines is 2. The van der Waals surface area contributed by atoms with Crippen molar-refractivity contribution in [2.45, 2.75) is 0 Å². The molecule has 256 valence electrons. The van der Waals surface area contributed by atoms with Crippen LogP contribution < -0.4 is 20.1 Å². The highest BCUT2D eigenvalue weighted by Crippen LogP contribution is 2.40. The molecule has 0 unspecified atom stereocenters. The minimum absolute atomic E-state index is 0.0346. The van der Waals surface area contributed by atoms with Gasteiger partial charge < -0.3 is 40.2 Å². The number of hydrogen-bond donors (Lipinski definition) is 5. The monoisotopic (exact) mass is 824 g/mol. The van der Waals surface area contributed by atoms with Gasteiger partial charge in [-0.3, -0.25) is 9.59 Å². The smallest absolute Gasteiger partial charge is 0.339 e. The molecule has 50 heavy (non-hydrogen) atoms. The summed E-state index contributed by atoms with van der Waals surface area (Å²) in [5, 5.41) is 36.5. The van der Waals surface area contributed by atoms with Crippen LogP contribution in [0, 0.1) is 0 Å². The molecule has 5 rings (SSSR count). The molecular formula is C35H26Br2N2O10S. The Morgan fingerprint density at radius 1 is 0.680 bits per heavy atom. The van der Waals surface area contributed by atoms with Crippen LogP contribution in [-0.4, -0.2) is 60.4 Å². The first-order valence-electron chi connectivity index (χ1n) is 14.3. The number of esters is 1. The molecule has 15 heteroatoms. The number of thiophene rings is 1. The SMILES string of the molecule is COC(=O)c1cc2c(cc1NC(=O)C=Cc1cc(Br)c(O)c(OC)c1)sc1cc(NC(=O)C=Cc3cc(Br)c(O)c(OC)c3)c(C(=O)O)cc12. The van der Waals surface area contributed by atoms with Gasteiger partial charge in [0.2, 0.25) is 11.8 Å². The summed E-state index contributed by atoms with van der Waals surface area (Å²) >= 11 is 7.72. The molecule has 4 aromatic carbocycles. The van der Waals surface area contributed by atoms with Crippen molar-refractivity contribution in [2.24, 2.45) is 0 Å². The first-order chi connectivity index (χ1) is 23.8. The molecule has 0 aliphatic carbocycles. The Morgan fingerprint density at radius 2 is 1.12 bits per heavy atom. The van der Waals surface area contributed by atoms with E-state index < -0.39 is 23.8 Å². The second kappa shape index (κ2) is 15.0. The first-order valence-corrected chi connectivity index (χ1v) is 16.7. The van der Waals surface area contributed by atoms with E-state index in [0.717, 1.165) is 0 Å². The van der Waals surface area contributed by atoms with Crippen molar-refractivity contribution in [1.82, 2.24) is 0 Å². The summed E-state index contributed by atoms with van der Waals surface area (Å²) in [5.41, 5.74) is 1.13. The number of phenolic OH excluding ortho intramolecular Hbond substituents is 2. The molecular weight excluding hydrogens is 800 g/mol. The van der Waals surface area contributed by atoms with E-state index >= 15 is 0 Å². The van der Waals surface area contributed by atoms with E-state index in [4.69, 9.17) is 14.2 Å². The summed E-state index contributed by atoms with van der Waals surface area (Å²) in [6, 6.07) is 12.3. The number of carbonyl (C=O) groups is 4. The third kappa shape index (κ3) is 7.59. The van der Waals surface area contributed by atoms with E-state index in [1.54, 1.807) is 18.2 Å². The van der Waals surface area contributed by atoms with Crippen LogP contribution in [0.2, 0.25) is 0 Å². The minimum Gasteiger partial charge on any atom is -0.503 e. The molecule has 0 saturated carbocycles. The molecule has 0 aliphatic heterocycles. The van der Waals surface area contributed by atoms with Crippen LogP contribution in [0.1, 0.15) is 31.8 Å². The maximum absolute atomic E-state index is 13.0. The number of methoxy groups -OCH3 is 3. The second-order valence-corrected chi connectivity index (χ2v) is 13.2. The normalized spacial score (nSPS) is 11.3. The van der Waals surface area contributed by atoms with Crippen molar-refractivity contribution in [3.05, 3.63) is 91.9 Å². The molecule has 2 amide bonds. The van der Waals surface area contributed by atoms with Gasteiger partial charge in [0.25, 0.3) is 0 Å². The lowest BCUT2D eigenvalue weighted by atomic mass is 10.0. The van der Waals surface area contributed by atoms with E-state index in [2.05, 4.69) is 42.5 Å². The standard InChI is InChI=1S/C35H26Br2N2O10S/c1-47-26-10-16(8-22(36)32(26)42)4-6-30(40)38-24-14-28-18(12-20(24)34(44)45)19-13-21(35(46)49-3)25(15-29(19)50-28)39-31(41)7-5-17-9-23(37)33(43)27(11-17)48-2/h4-15,42-43H,1-3H3,(H,38,40)(H,39,41)(H,44,45). The number of carbonyl (C=O) groups excluding carboxylic acids is 3. The fourth-order valence-corrected chi connectivity index (χ4v) is 6.98. The predicted octanol–water partition coefficient (Wildman–Crippen LogP) is 7.80. The summed E-state index contributed by atoms with van der Waals surface area (Å²) in [6.45, 7) is 0. The lowest BCUT2D eigenvalue weighted by Gasteiger charge is -2.10. The van der Waals surface area contributed by atoms with Gasteiger partial charge in [-0.05, 0) is 104 Å². The van der Waals surface area contributed by atoms with Crippen LogP contribution >= 0.6 is 43.2 Å². The van der Waals surface area contributed by atoms with Crippen molar-refractivity contribution in [2.75, 3.05) is 32.0 Å². The molecule has 12 nitrogen and oxygen atoms in total. The molecule has 1 heterocycles. The number of phenols is 2. The van der Waals surface area contributed by atoms with Crippen molar-refractivity contribution in [1.29, 1.82) is 0 Å². The Balaban J connectivity index is 1.47. The molecule has 0 radical (unpaired) electrons. The molecule has 0 fully saturated rings. The van der Waals surface area contributed by atoms with Gasteiger partial charge >= 0.3 is 11.9 Å². The zero-order chi connectivity index (χ0) is 36.3. The van der Waals surface area contributed by atoms with Crippen LogP contribution in [0.15, 0.2) is 69.6 Å². The maximum Gasteiger partial charge on any atom is 0.339 e. The Labute approximate surface area is 304 Å². The van der Waals surface area contributed by atoms with Gasteiger partial charge in [-0.15, -0.1) is 11.3 Å². The Morgan fingerprint density at radius 3 is 1.54 bits per heavy atom. The van der Waals surface area contributed by atoms with Gasteiger partial charge in [0.1, 0.15) is 0 Å². The fourth-order valence-electron chi connectivity index (χ4n) is 4.91. The zero-order valence-corrected chi connectivity index (χ0v) is 30.3. The highest BCUT2D eigenvalue weighted by atomic mass is 79.9. The van der Waals surface area contributed by atoms with Crippen LogP contribution in [0.3, 0.4) is 0 Å². The van der Waals surface area contributed by atoms with Crippen LogP contribution in [0.25, 0.3) is 32.3 Å². The van der Waals surface area contributed by atoms with E-state index in [9.17, 15) is 34.5 Å². The van der Waals surface area contributed by atoms with E-state index in [1.807, 2.05) is 0 Å². The summed E-state index contributed by atoms with van der Waals surface area (Å²) in [6.07, 6.45) is 5.42. The topological polar surface area (TPSA) is 181 Å². The van der Waals surface area contributed by atoms with E-state index in [-0.39, 0.29) is 45.5 Å². The average molecular weight is 826 g/mol.